The second kappa shape index (κ2) is 6.55. The summed E-state index contributed by atoms with van der Waals surface area (Å²) in [6.45, 7) is 4.06. The number of hydrogen-bond donors (Lipinski definition) is 0. The number of thioether (sulfide) groups is 1. The summed E-state index contributed by atoms with van der Waals surface area (Å²) >= 11 is 1.55. The van der Waals surface area contributed by atoms with Crippen LogP contribution in [0.5, 0.6) is 0 Å². The molecule has 2 saturated heterocycles. The highest BCUT2D eigenvalue weighted by molar-refractivity contribution is 8.15. The van der Waals surface area contributed by atoms with Crippen molar-refractivity contribution >= 4 is 32.7 Å². The molecule has 2 aliphatic carbocycles. The molecule has 0 aromatic carbocycles. The van der Waals surface area contributed by atoms with Crippen molar-refractivity contribution < 1.29 is 13.2 Å². The highest BCUT2D eigenvalue weighted by Gasteiger charge is 2.54. The Kier molecular flexibility index (Phi) is 4.67. The molecule has 2 saturated carbocycles. The van der Waals surface area contributed by atoms with Gasteiger partial charge >= 0.3 is 0 Å². The van der Waals surface area contributed by atoms with Crippen LogP contribution in [-0.2, 0) is 14.6 Å². The molecule has 1 amide bonds. The molecule has 0 spiro atoms. The molecule has 0 unspecified atom stereocenters. The maximum Gasteiger partial charge on any atom is 0.251 e. The monoisotopic (exact) mass is 384 g/mol. The number of carbonyl (C=O) groups is 1. The standard InChI is InChI=1S/C18H28N2O3S2/c1-3-12(4-2)17(21)19-18-20(14-8-11-5-6-13(14)7-11)15-9-25(22,23)10-16(15)24-18/h11-16H,3-10H2,1-2H3/t11-,13-,14-,15-,16+/m1/s1. The maximum atomic E-state index is 12.6. The molecule has 0 N–H and O–H groups in total. The largest absolute Gasteiger partial charge is 0.343 e. The predicted molar refractivity (Wildman–Crippen MR) is 101 cm³/mol. The van der Waals surface area contributed by atoms with Gasteiger partial charge in [-0.3, -0.25) is 4.79 Å². The molecular weight excluding hydrogens is 356 g/mol. The van der Waals surface area contributed by atoms with Gasteiger partial charge in [-0.05, 0) is 43.9 Å². The summed E-state index contributed by atoms with van der Waals surface area (Å²) in [6, 6.07) is 0.412. The Morgan fingerprint density at radius 1 is 1.20 bits per heavy atom. The average Bonchev–Trinajstić information content (AvgIpc) is 3.27. The van der Waals surface area contributed by atoms with Gasteiger partial charge in [-0.2, -0.15) is 4.99 Å². The number of amides is 1. The third-order valence-corrected chi connectivity index (χ3v) is 9.93. The molecule has 4 rings (SSSR count). The number of nitrogens with zero attached hydrogens (tertiary/aromatic N) is 2. The fourth-order valence-corrected chi connectivity index (χ4v) is 9.33. The third-order valence-electron chi connectivity index (χ3n) is 6.71. The lowest BCUT2D eigenvalue weighted by Gasteiger charge is -2.36. The van der Waals surface area contributed by atoms with Gasteiger partial charge in [0.1, 0.15) is 0 Å². The van der Waals surface area contributed by atoms with Crippen molar-refractivity contribution in [1.29, 1.82) is 0 Å². The lowest BCUT2D eigenvalue weighted by atomic mass is 9.93. The molecule has 4 aliphatic rings. The van der Waals surface area contributed by atoms with Gasteiger partial charge in [0.05, 0.1) is 17.5 Å². The van der Waals surface area contributed by atoms with Crippen molar-refractivity contribution in [2.24, 2.45) is 22.7 Å². The highest BCUT2D eigenvalue weighted by Crippen LogP contribution is 2.51. The molecule has 0 aromatic rings. The molecule has 0 aromatic heterocycles. The van der Waals surface area contributed by atoms with Crippen molar-refractivity contribution in [3.05, 3.63) is 0 Å². The van der Waals surface area contributed by atoms with Gasteiger partial charge in [-0.25, -0.2) is 8.42 Å². The van der Waals surface area contributed by atoms with E-state index in [-0.39, 0.29) is 34.6 Å². The van der Waals surface area contributed by atoms with Gasteiger partial charge in [0.2, 0.25) is 0 Å². The molecule has 5 nitrogen and oxygen atoms in total. The van der Waals surface area contributed by atoms with Crippen molar-refractivity contribution in [2.45, 2.75) is 69.7 Å². The van der Waals surface area contributed by atoms with E-state index in [9.17, 15) is 13.2 Å². The number of rotatable bonds is 4. The Bertz CT molecular complexity index is 686. The van der Waals surface area contributed by atoms with Gasteiger partial charge in [-0.1, -0.05) is 32.0 Å². The second-order valence-electron chi connectivity index (χ2n) is 8.20. The van der Waals surface area contributed by atoms with Crippen molar-refractivity contribution in [1.82, 2.24) is 4.90 Å². The molecule has 2 bridgehead atoms. The molecule has 0 radical (unpaired) electrons. The van der Waals surface area contributed by atoms with Crippen LogP contribution in [0.25, 0.3) is 0 Å². The molecule has 4 fully saturated rings. The van der Waals surface area contributed by atoms with Crippen LogP contribution in [0, 0.1) is 17.8 Å². The van der Waals surface area contributed by atoms with E-state index in [0.717, 1.165) is 30.3 Å². The summed E-state index contributed by atoms with van der Waals surface area (Å²) in [4.78, 5) is 19.4. The minimum Gasteiger partial charge on any atom is -0.343 e. The van der Waals surface area contributed by atoms with Crippen LogP contribution in [0.2, 0.25) is 0 Å². The number of amidine groups is 1. The summed E-state index contributed by atoms with van der Waals surface area (Å²) in [5.41, 5.74) is 0. The average molecular weight is 385 g/mol. The molecule has 5 atom stereocenters. The van der Waals surface area contributed by atoms with Gasteiger partial charge in [0.25, 0.3) is 5.91 Å². The molecule has 7 heteroatoms. The molecule has 2 aliphatic heterocycles. The smallest absolute Gasteiger partial charge is 0.251 e. The topological polar surface area (TPSA) is 66.8 Å². The number of aliphatic imine (C=N–C) groups is 1. The SMILES string of the molecule is CCC(CC)C(=O)N=C1S[C@H]2CS(=O)(=O)C[C@H]2N1[C@@H]1C[C@@H]2CC[C@@H]1C2. The fraction of sp³-hybridized carbons (Fsp3) is 0.889. The van der Waals surface area contributed by atoms with Gasteiger partial charge in [0.15, 0.2) is 15.0 Å². The van der Waals surface area contributed by atoms with Crippen molar-refractivity contribution in [2.75, 3.05) is 11.5 Å². The van der Waals surface area contributed by atoms with Crippen LogP contribution in [0.3, 0.4) is 0 Å². The zero-order chi connectivity index (χ0) is 17.8. The van der Waals surface area contributed by atoms with Crippen molar-refractivity contribution in [3.8, 4) is 0 Å². The third kappa shape index (κ3) is 3.15. The predicted octanol–water partition coefficient (Wildman–Crippen LogP) is 2.71. The first-order valence-corrected chi connectivity index (χ1v) is 12.4. The fourth-order valence-electron chi connectivity index (χ4n) is 5.35. The van der Waals surface area contributed by atoms with E-state index in [1.807, 2.05) is 13.8 Å². The first kappa shape index (κ1) is 17.8. The van der Waals surface area contributed by atoms with Crippen LogP contribution in [-0.4, -0.2) is 53.2 Å². The second-order valence-corrected chi connectivity index (χ2v) is 11.6. The summed E-state index contributed by atoms with van der Waals surface area (Å²) in [5.74, 6) is 1.87. The van der Waals surface area contributed by atoms with Crippen LogP contribution in [0.15, 0.2) is 4.99 Å². The van der Waals surface area contributed by atoms with Crippen LogP contribution in [0.4, 0.5) is 0 Å². The minimum absolute atomic E-state index is 0.0147. The van der Waals surface area contributed by atoms with E-state index >= 15 is 0 Å². The lowest BCUT2D eigenvalue weighted by molar-refractivity contribution is -0.121. The zero-order valence-electron chi connectivity index (χ0n) is 15.1. The summed E-state index contributed by atoms with van der Waals surface area (Å²) < 4.78 is 24.3. The number of fused-ring (bicyclic) bond motifs is 3. The summed E-state index contributed by atoms with van der Waals surface area (Å²) in [6.07, 6.45) is 6.59. The number of sulfone groups is 1. The first-order valence-electron chi connectivity index (χ1n) is 9.69. The number of hydrogen-bond acceptors (Lipinski definition) is 4. The lowest BCUT2D eigenvalue weighted by Crippen LogP contribution is -2.47. The quantitative estimate of drug-likeness (QED) is 0.745. The summed E-state index contributed by atoms with van der Waals surface area (Å²) in [5, 5.41) is 0.872. The first-order chi connectivity index (χ1) is 11.9. The number of carbonyl (C=O) groups excluding carboxylic acids is 1. The van der Waals surface area contributed by atoms with Crippen molar-refractivity contribution in [3.63, 3.8) is 0 Å². The molecule has 25 heavy (non-hydrogen) atoms. The van der Waals surface area contributed by atoms with E-state index in [0.29, 0.717) is 12.0 Å². The maximum absolute atomic E-state index is 12.6. The van der Waals surface area contributed by atoms with Gasteiger partial charge < -0.3 is 4.90 Å². The Hall–Kier alpha value is -0.560. The molecule has 140 valence electrons. The Morgan fingerprint density at radius 2 is 1.96 bits per heavy atom. The van der Waals surface area contributed by atoms with Crippen LogP contribution < -0.4 is 0 Å². The van der Waals surface area contributed by atoms with Gasteiger partial charge in [-0.15, -0.1) is 0 Å². The van der Waals surface area contributed by atoms with E-state index in [1.165, 1.54) is 19.3 Å². The van der Waals surface area contributed by atoms with Crippen LogP contribution in [0.1, 0.15) is 52.4 Å². The molecular formula is C18H28N2O3S2. The van der Waals surface area contributed by atoms with Gasteiger partial charge in [0, 0.05) is 17.2 Å². The highest BCUT2D eigenvalue weighted by atomic mass is 32.2. The van der Waals surface area contributed by atoms with E-state index in [4.69, 9.17) is 0 Å². The van der Waals surface area contributed by atoms with E-state index in [2.05, 4.69) is 9.89 Å². The van der Waals surface area contributed by atoms with E-state index < -0.39 is 9.84 Å². The van der Waals surface area contributed by atoms with E-state index in [1.54, 1.807) is 11.8 Å². The Balaban J connectivity index is 1.63. The van der Waals surface area contributed by atoms with Crippen LogP contribution >= 0.6 is 11.8 Å². The Morgan fingerprint density at radius 3 is 2.56 bits per heavy atom. The summed E-state index contributed by atoms with van der Waals surface area (Å²) in [7, 11) is -2.96. The Labute approximate surface area is 154 Å². The molecule has 2 heterocycles. The zero-order valence-corrected chi connectivity index (χ0v) is 16.7. The minimum atomic E-state index is -2.96. The normalized spacial score (nSPS) is 40.4.